The summed E-state index contributed by atoms with van der Waals surface area (Å²) in [4.78, 5) is 9.99. The molecular formula is C5H4Br2N2O3. The third kappa shape index (κ3) is 1.66. The average molecular weight is 300 g/mol. The van der Waals surface area contributed by atoms with Gasteiger partial charge in [-0.3, -0.25) is 10.1 Å². The third-order valence-corrected chi connectivity index (χ3v) is 2.82. The molecule has 12 heavy (non-hydrogen) atoms. The van der Waals surface area contributed by atoms with Gasteiger partial charge in [0.1, 0.15) is 6.42 Å². The van der Waals surface area contributed by atoms with Crippen molar-refractivity contribution in [1.82, 2.24) is 0 Å². The summed E-state index contributed by atoms with van der Waals surface area (Å²) in [5.74, 6) is 0. The lowest BCUT2D eigenvalue weighted by atomic mass is 10.2. The highest BCUT2D eigenvalue weighted by molar-refractivity contribution is 9.11. The van der Waals surface area contributed by atoms with Gasteiger partial charge in [-0.2, -0.15) is 4.74 Å². The van der Waals surface area contributed by atoms with E-state index >= 15 is 0 Å². The Morgan fingerprint density at radius 1 is 1.75 bits per heavy atom. The van der Waals surface area contributed by atoms with Crippen LogP contribution in [0, 0.1) is 15.3 Å². The zero-order chi connectivity index (χ0) is 9.35. The molecular weight excluding hydrogens is 296 g/mol. The van der Waals surface area contributed by atoms with Crippen LogP contribution in [0.3, 0.4) is 0 Å². The van der Waals surface area contributed by atoms with Gasteiger partial charge in [-0.25, -0.2) is 0 Å². The summed E-state index contributed by atoms with van der Waals surface area (Å²) in [7, 11) is 0. The van der Waals surface area contributed by atoms with Crippen LogP contribution in [-0.4, -0.2) is 20.3 Å². The summed E-state index contributed by atoms with van der Waals surface area (Å²) in [6, 6.07) is 0. The second-order valence-electron chi connectivity index (χ2n) is 2.26. The van der Waals surface area contributed by atoms with Crippen LogP contribution >= 0.6 is 31.9 Å². The van der Waals surface area contributed by atoms with Crippen LogP contribution in [0.4, 0.5) is 0 Å². The predicted octanol–water partition coefficient (Wildman–Crippen LogP) is 1.58. The van der Waals surface area contributed by atoms with Crippen molar-refractivity contribution >= 4 is 38.1 Å². The van der Waals surface area contributed by atoms with Gasteiger partial charge in [0.2, 0.25) is 0 Å². The summed E-state index contributed by atoms with van der Waals surface area (Å²) in [6.45, 7) is 0. The van der Waals surface area contributed by atoms with Crippen molar-refractivity contribution in [3.8, 4) is 0 Å². The fourth-order valence-electron chi connectivity index (χ4n) is 0.730. The molecule has 0 saturated heterocycles. The fraction of sp³-hybridized carbons (Fsp3) is 0.400. The van der Waals surface area contributed by atoms with E-state index in [4.69, 9.17) is 0 Å². The monoisotopic (exact) mass is 298 g/mol. The molecule has 0 spiro atoms. The Labute approximate surface area is 84.7 Å². The fourth-order valence-corrected chi connectivity index (χ4v) is 1.92. The standard InChI is InChI=1S/C5H4Br2N2O3/c6-4-3-5(7,9(11)12)1-2-8(4)10/h2-3H,1H2/t5-/m1/s1. The molecule has 1 rings (SSSR count). The molecule has 0 aliphatic carbocycles. The molecule has 0 aromatic carbocycles. The molecule has 1 aliphatic rings. The highest BCUT2D eigenvalue weighted by atomic mass is 79.9. The number of nitrogens with zero attached hydrogens (tertiary/aromatic N) is 2. The molecule has 0 unspecified atom stereocenters. The normalized spacial score (nSPS) is 29.2. The minimum atomic E-state index is -1.34. The molecule has 7 heteroatoms. The summed E-state index contributed by atoms with van der Waals surface area (Å²) in [6.07, 6.45) is 2.46. The van der Waals surface area contributed by atoms with E-state index in [1.807, 2.05) is 0 Å². The van der Waals surface area contributed by atoms with Gasteiger partial charge in [0.05, 0.1) is 6.08 Å². The molecule has 1 atom stereocenters. The van der Waals surface area contributed by atoms with Gasteiger partial charge in [0.25, 0.3) is 4.61 Å². The largest absolute Gasteiger partial charge is 0.618 e. The van der Waals surface area contributed by atoms with E-state index in [1.54, 1.807) is 0 Å². The molecule has 66 valence electrons. The number of hydroxylamine groups is 1. The Morgan fingerprint density at radius 3 is 2.75 bits per heavy atom. The Bertz CT molecular complexity index is 288. The molecule has 0 aromatic rings. The van der Waals surface area contributed by atoms with Crippen molar-refractivity contribution in [2.75, 3.05) is 0 Å². The van der Waals surface area contributed by atoms with Crippen LogP contribution in [-0.2, 0) is 0 Å². The topological polar surface area (TPSA) is 69.2 Å². The first-order valence-corrected chi connectivity index (χ1v) is 4.56. The Hall–Kier alpha value is -0.430. The van der Waals surface area contributed by atoms with E-state index in [0.29, 0.717) is 4.74 Å². The first-order valence-electron chi connectivity index (χ1n) is 2.97. The minimum Gasteiger partial charge on any atom is -0.618 e. The van der Waals surface area contributed by atoms with Crippen LogP contribution in [0.5, 0.6) is 0 Å². The van der Waals surface area contributed by atoms with Crippen LogP contribution in [0.1, 0.15) is 6.42 Å². The van der Waals surface area contributed by atoms with Gasteiger partial charge in [0, 0.05) is 36.8 Å². The van der Waals surface area contributed by atoms with E-state index in [2.05, 4.69) is 31.9 Å². The molecule has 5 nitrogen and oxygen atoms in total. The van der Waals surface area contributed by atoms with Gasteiger partial charge < -0.3 is 5.21 Å². The zero-order valence-corrected chi connectivity index (χ0v) is 8.91. The summed E-state index contributed by atoms with van der Waals surface area (Å²) in [5.41, 5.74) is 0. The average Bonchev–Trinajstić information content (AvgIpc) is 1.97. The van der Waals surface area contributed by atoms with E-state index in [9.17, 15) is 15.3 Å². The Kier molecular flexibility index (Phi) is 2.52. The molecule has 0 fully saturated rings. The third-order valence-electron chi connectivity index (χ3n) is 1.40. The highest BCUT2D eigenvalue weighted by Gasteiger charge is 2.42. The van der Waals surface area contributed by atoms with Crippen molar-refractivity contribution in [3.05, 3.63) is 26.0 Å². The second-order valence-corrected chi connectivity index (χ2v) is 4.44. The lowest BCUT2D eigenvalue weighted by Crippen LogP contribution is -2.33. The Morgan fingerprint density at radius 2 is 2.33 bits per heavy atom. The number of nitro groups is 1. The predicted molar refractivity (Wildman–Crippen MR) is 50.0 cm³/mol. The number of hydrogen-bond donors (Lipinski definition) is 0. The second kappa shape index (κ2) is 3.14. The molecule has 0 N–H and O–H groups in total. The quantitative estimate of drug-likeness (QED) is 0.184. The van der Waals surface area contributed by atoms with E-state index < -0.39 is 9.37 Å². The SMILES string of the molecule is O=[N+]([O-])[C@@]1(Br)C=C(Br)[N+]([O-])=CC1. The van der Waals surface area contributed by atoms with Crippen LogP contribution in [0.25, 0.3) is 0 Å². The number of alkyl halides is 1. The van der Waals surface area contributed by atoms with E-state index in [1.165, 1.54) is 12.3 Å². The summed E-state index contributed by atoms with van der Waals surface area (Å²) >= 11 is 5.83. The maximum absolute atomic E-state index is 10.8. The van der Waals surface area contributed by atoms with Crippen LogP contribution in [0.2, 0.25) is 0 Å². The maximum Gasteiger partial charge on any atom is 0.309 e. The van der Waals surface area contributed by atoms with Crippen molar-refractivity contribution < 1.29 is 9.66 Å². The number of halogens is 2. The zero-order valence-electron chi connectivity index (χ0n) is 5.74. The Balaban J connectivity index is 2.98. The van der Waals surface area contributed by atoms with Crippen LogP contribution < -0.4 is 0 Å². The minimum absolute atomic E-state index is 0.0403. The van der Waals surface area contributed by atoms with Crippen molar-refractivity contribution in [1.29, 1.82) is 0 Å². The van der Waals surface area contributed by atoms with Gasteiger partial charge in [-0.1, -0.05) is 0 Å². The lowest BCUT2D eigenvalue weighted by Gasteiger charge is -2.15. The lowest BCUT2D eigenvalue weighted by molar-refractivity contribution is -0.525. The number of rotatable bonds is 1. The molecule has 0 amide bonds. The van der Waals surface area contributed by atoms with Crippen molar-refractivity contribution in [2.24, 2.45) is 0 Å². The molecule has 1 aliphatic heterocycles. The van der Waals surface area contributed by atoms with Gasteiger partial charge in [-0.05, 0) is 0 Å². The van der Waals surface area contributed by atoms with Crippen molar-refractivity contribution in [3.63, 3.8) is 0 Å². The highest BCUT2D eigenvalue weighted by Crippen LogP contribution is 2.30. The van der Waals surface area contributed by atoms with Gasteiger partial charge in [0.15, 0.2) is 6.21 Å². The first-order chi connectivity index (χ1) is 5.46. The maximum atomic E-state index is 10.8. The van der Waals surface area contributed by atoms with Crippen LogP contribution in [0.15, 0.2) is 10.7 Å². The van der Waals surface area contributed by atoms with Gasteiger partial charge >= 0.3 is 4.45 Å². The van der Waals surface area contributed by atoms with E-state index in [0.717, 1.165) is 0 Å². The number of hydrogen-bond acceptors (Lipinski definition) is 3. The summed E-state index contributed by atoms with van der Waals surface area (Å²) < 4.78 is -0.655. The smallest absolute Gasteiger partial charge is 0.309 e. The molecule has 1 heterocycles. The molecule has 0 bridgehead atoms. The molecule has 0 aromatic heterocycles. The van der Waals surface area contributed by atoms with Gasteiger partial charge in [-0.15, -0.1) is 0 Å². The molecule has 0 saturated carbocycles. The molecule has 0 radical (unpaired) electrons. The van der Waals surface area contributed by atoms with Crippen molar-refractivity contribution in [2.45, 2.75) is 10.9 Å². The van der Waals surface area contributed by atoms with E-state index in [-0.39, 0.29) is 11.0 Å². The summed E-state index contributed by atoms with van der Waals surface area (Å²) in [5, 5.41) is 21.3. The first kappa shape index (κ1) is 9.66.